The first-order valence-corrected chi connectivity index (χ1v) is 7.18. The fourth-order valence-electron chi connectivity index (χ4n) is 2.91. The molecule has 1 aromatic heterocycles. The number of aromatic nitrogens is 1. The van der Waals surface area contributed by atoms with Crippen LogP contribution in [-0.2, 0) is 11.3 Å². The van der Waals surface area contributed by atoms with E-state index in [9.17, 15) is 4.79 Å². The van der Waals surface area contributed by atoms with E-state index in [-0.39, 0.29) is 11.9 Å². The minimum absolute atomic E-state index is 0.124. The molecule has 0 bridgehead atoms. The van der Waals surface area contributed by atoms with Crippen LogP contribution in [0.1, 0.15) is 24.1 Å². The first-order valence-electron chi connectivity index (χ1n) is 7.18. The molecule has 0 radical (unpaired) electrons. The molecule has 1 aliphatic heterocycles. The number of nitrogens with zero attached hydrogens (tertiary/aromatic N) is 2. The summed E-state index contributed by atoms with van der Waals surface area (Å²) in [5, 5.41) is 0. The maximum absolute atomic E-state index is 11.4. The number of hydrogen-bond donors (Lipinski definition) is 1. The topological polar surface area (TPSA) is 72.4 Å². The molecule has 1 aromatic carbocycles. The number of carbonyl (C=O) groups excluding carboxylic acids is 1. The van der Waals surface area contributed by atoms with Crippen LogP contribution >= 0.6 is 0 Å². The maximum atomic E-state index is 11.4. The highest BCUT2D eigenvalue weighted by molar-refractivity contribution is 5.80. The van der Waals surface area contributed by atoms with E-state index >= 15 is 0 Å². The molecule has 1 atom stereocenters. The van der Waals surface area contributed by atoms with E-state index in [0.717, 1.165) is 42.9 Å². The molecule has 1 fully saturated rings. The van der Waals surface area contributed by atoms with Crippen LogP contribution in [0.2, 0.25) is 0 Å². The SMILES string of the molecule is Cc1ncoc1-c1ccc(CN2CCCC2C(N)=O)cc1. The van der Waals surface area contributed by atoms with E-state index < -0.39 is 0 Å². The van der Waals surface area contributed by atoms with E-state index in [1.54, 1.807) is 0 Å². The van der Waals surface area contributed by atoms with Gasteiger partial charge in [0.05, 0.1) is 11.7 Å². The van der Waals surface area contributed by atoms with Gasteiger partial charge in [0.1, 0.15) is 0 Å². The van der Waals surface area contributed by atoms with Crippen LogP contribution in [0.5, 0.6) is 0 Å². The molecule has 0 spiro atoms. The van der Waals surface area contributed by atoms with Crippen molar-refractivity contribution < 1.29 is 9.21 Å². The van der Waals surface area contributed by atoms with E-state index in [0.29, 0.717) is 0 Å². The van der Waals surface area contributed by atoms with E-state index in [1.807, 2.05) is 19.1 Å². The molecule has 2 heterocycles. The molecule has 21 heavy (non-hydrogen) atoms. The van der Waals surface area contributed by atoms with Crippen molar-refractivity contribution in [3.05, 3.63) is 41.9 Å². The molecule has 5 heteroatoms. The normalized spacial score (nSPS) is 19.0. The lowest BCUT2D eigenvalue weighted by molar-refractivity contribution is -0.122. The number of nitrogens with two attached hydrogens (primary N) is 1. The van der Waals surface area contributed by atoms with Crippen molar-refractivity contribution in [2.45, 2.75) is 32.4 Å². The van der Waals surface area contributed by atoms with Crippen molar-refractivity contribution in [2.24, 2.45) is 5.73 Å². The number of oxazole rings is 1. The Bertz CT molecular complexity index is 633. The van der Waals surface area contributed by atoms with Gasteiger partial charge in [-0.05, 0) is 31.9 Å². The van der Waals surface area contributed by atoms with Crippen LogP contribution in [0.15, 0.2) is 35.1 Å². The summed E-state index contributed by atoms with van der Waals surface area (Å²) in [5.74, 6) is 0.583. The Hall–Kier alpha value is -2.14. The Morgan fingerprint density at radius 3 is 2.81 bits per heavy atom. The van der Waals surface area contributed by atoms with Crippen molar-refractivity contribution in [3.63, 3.8) is 0 Å². The molecular formula is C16H19N3O2. The quantitative estimate of drug-likeness (QED) is 0.933. The third-order valence-electron chi connectivity index (χ3n) is 4.04. The average molecular weight is 285 g/mol. The van der Waals surface area contributed by atoms with Crippen LogP contribution in [0.4, 0.5) is 0 Å². The number of rotatable bonds is 4. The van der Waals surface area contributed by atoms with E-state index in [2.05, 4.69) is 22.0 Å². The molecule has 110 valence electrons. The van der Waals surface area contributed by atoms with Crippen LogP contribution in [-0.4, -0.2) is 28.4 Å². The first kappa shape index (κ1) is 13.8. The van der Waals surface area contributed by atoms with Gasteiger partial charge in [-0.15, -0.1) is 0 Å². The van der Waals surface area contributed by atoms with Gasteiger partial charge < -0.3 is 10.2 Å². The highest BCUT2D eigenvalue weighted by atomic mass is 16.3. The molecule has 2 aromatic rings. The van der Waals surface area contributed by atoms with Crippen LogP contribution in [0, 0.1) is 6.92 Å². The molecule has 3 rings (SSSR count). The summed E-state index contributed by atoms with van der Waals surface area (Å²) in [6.07, 6.45) is 3.36. The van der Waals surface area contributed by atoms with Crippen LogP contribution < -0.4 is 5.73 Å². The second-order valence-corrected chi connectivity index (χ2v) is 5.49. The molecule has 1 saturated heterocycles. The summed E-state index contributed by atoms with van der Waals surface area (Å²) in [5.41, 5.74) is 8.52. The summed E-state index contributed by atoms with van der Waals surface area (Å²) >= 11 is 0. The minimum Gasteiger partial charge on any atom is -0.443 e. The zero-order chi connectivity index (χ0) is 14.8. The van der Waals surface area contributed by atoms with Crippen molar-refractivity contribution in [3.8, 4) is 11.3 Å². The van der Waals surface area contributed by atoms with Gasteiger partial charge in [-0.2, -0.15) is 0 Å². The standard InChI is InChI=1S/C16H19N3O2/c1-11-15(21-10-18-11)13-6-4-12(5-7-13)9-19-8-2-3-14(19)16(17)20/h4-7,10,14H,2-3,8-9H2,1H3,(H2,17,20). The predicted molar refractivity (Wildman–Crippen MR) is 79.3 cm³/mol. The third kappa shape index (κ3) is 2.83. The van der Waals surface area contributed by atoms with Crippen LogP contribution in [0.3, 0.4) is 0 Å². The lowest BCUT2D eigenvalue weighted by atomic mass is 10.1. The second kappa shape index (κ2) is 5.69. The van der Waals surface area contributed by atoms with E-state index in [4.69, 9.17) is 10.2 Å². The molecule has 1 amide bonds. The fraction of sp³-hybridized carbons (Fsp3) is 0.375. The molecule has 1 unspecified atom stereocenters. The number of amides is 1. The largest absolute Gasteiger partial charge is 0.443 e. The Labute approximate surface area is 123 Å². The van der Waals surface area contributed by atoms with Crippen molar-refractivity contribution >= 4 is 5.91 Å². The molecule has 1 aliphatic rings. The molecule has 5 nitrogen and oxygen atoms in total. The Morgan fingerprint density at radius 1 is 1.43 bits per heavy atom. The predicted octanol–water partition coefficient (Wildman–Crippen LogP) is 2.10. The number of benzene rings is 1. The summed E-state index contributed by atoms with van der Waals surface area (Å²) in [6, 6.07) is 8.05. The highest BCUT2D eigenvalue weighted by Crippen LogP contribution is 2.24. The van der Waals surface area contributed by atoms with Gasteiger partial charge in [0.15, 0.2) is 12.2 Å². The fourth-order valence-corrected chi connectivity index (χ4v) is 2.91. The molecular weight excluding hydrogens is 266 g/mol. The molecule has 2 N–H and O–H groups in total. The van der Waals surface area contributed by atoms with Gasteiger partial charge in [0, 0.05) is 12.1 Å². The van der Waals surface area contributed by atoms with Gasteiger partial charge in [0.2, 0.25) is 5.91 Å². The second-order valence-electron chi connectivity index (χ2n) is 5.49. The summed E-state index contributed by atoms with van der Waals surface area (Å²) in [4.78, 5) is 17.7. The highest BCUT2D eigenvalue weighted by Gasteiger charge is 2.28. The lowest BCUT2D eigenvalue weighted by Gasteiger charge is -2.21. The number of hydrogen-bond acceptors (Lipinski definition) is 4. The first-order chi connectivity index (χ1) is 10.1. The average Bonchev–Trinajstić information content (AvgIpc) is 3.09. The van der Waals surface area contributed by atoms with Crippen molar-refractivity contribution in [2.75, 3.05) is 6.54 Å². The monoisotopic (exact) mass is 285 g/mol. The van der Waals surface area contributed by atoms with Gasteiger partial charge in [-0.25, -0.2) is 4.98 Å². The number of aryl methyl sites for hydroxylation is 1. The zero-order valence-electron chi connectivity index (χ0n) is 12.1. The van der Waals surface area contributed by atoms with Gasteiger partial charge in [-0.3, -0.25) is 9.69 Å². The van der Waals surface area contributed by atoms with Crippen molar-refractivity contribution in [1.82, 2.24) is 9.88 Å². The number of primary amides is 1. The third-order valence-corrected chi connectivity index (χ3v) is 4.04. The Balaban J connectivity index is 1.73. The van der Waals surface area contributed by atoms with Gasteiger partial charge in [0.25, 0.3) is 0 Å². The van der Waals surface area contributed by atoms with Gasteiger partial charge in [-0.1, -0.05) is 24.3 Å². The summed E-state index contributed by atoms with van der Waals surface area (Å²) in [6.45, 7) is 3.61. The Kier molecular flexibility index (Phi) is 3.75. The zero-order valence-corrected chi connectivity index (χ0v) is 12.1. The van der Waals surface area contributed by atoms with E-state index in [1.165, 1.54) is 12.0 Å². The minimum atomic E-state index is -0.221. The summed E-state index contributed by atoms with van der Waals surface area (Å²) < 4.78 is 5.39. The summed E-state index contributed by atoms with van der Waals surface area (Å²) in [7, 11) is 0. The molecule has 0 saturated carbocycles. The number of likely N-dealkylation sites (tertiary alicyclic amines) is 1. The van der Waals surface area contributed by atoms with Gasteiger partial charge >= 0.3 is 0 Å². The smallest absolute Gasteiger partial charge is 0.234 e. The Morgan fingerprint density at radius 2 is 2.19 bits per heavy atom. The lowest BCUT2D eigenvalue weighted by Crippen LogP contribution is -2.39. The molecule has 0 aliphatic carbocycles. The maximum Gasteiger partial charge on any atom is 0.234 e. The number of carbonyl (C=O) groups is 1. The van der Waals surface area contributed by atoms with Crippen LogP contribution in [0.25, 0.3) is 11.3 Å². The van der Waals surface area contributed by atoms with Crippen molar-refractivity contribution in [1.29, 1.82) is 0 Å².